The van der Waals surface area contributed by atoms with Crippen LogP contribution in [-0.4, -0.2) is 20.7 Å². The van der Waals surface area contributed by atoms with Crippen LogP contribution in [0.3, 0.4) is 0 Å². The summed E-state index contributed by atoms with van der Waals surface area (Å²) in [5.41, 5.74) is 1.49. The van der Waals surface area contributed by atoms with Crippen LogP contribution in [0.2, 0.25) is 0 Å². The average Bonchev–Trinajstić information content (AvgIpc) is 2.16. The maximum atomic E-state index is 13.2. The van der Waals surface area contributed by atoms with E-state index in [4.69, 9.17) is 5.14 Å². The highest BCUT2D eigenvalue weighted by Gasteiger charge is 2.04. The van der Waals surface area contributed by atoms with Gasteiger partial charge in [0.05, 0.1) is 5.75 Å². The summed E-state index contributed by atoms with van der Waals surface area (Å²) in [5.74, 6) is -0.450. The van der Waals surface area contributed by atoms with Crippen LogP contribution in [0.1, 0.15) is 11.1 Å². The fourth-order valence-corrected chi connectivity index (χ4v) is 1.71. The van der Waals surface area contributed by atoms with Crippen molar-refractivity contribution in [3.8, 4) is 0 Å². The van der Waals surface area contributed by atoms with Gasteiger partial charge in [0.25, 0.3) is 0 Å². The van der Waals surface area contributed by atoms with Gasteiger partial charge in [0.15, 0.2) is 0 Å². The molecule has 0 amide bonds. The zero-order valence-electron chi connectivity index (χ0n) is 9.03. The van der Waals surface area contributed by atoms with E-state index in [1.807, 2.05) is 6.92 Å². The summed E-state index contributed by atoms with van der Waals surface area (Å²) < 4.78 is 34.5. The van der Waals surface area contributed by atoms with Crippen LogP contribution in [0, 0.1) is 12.7 Å². The molecule has 0 unspecified atom stereocenters. The van der Waals surface area contributed by atoms with Gasteiger partial charge in [0, 0.05) is 18.7 Å². The largest absolute Gasteiger partial charge is 0.312 e. The van der Waals surface area contributed by atoms with Crippen molar-refractivity contribution in [1.29, 1.82) is 0 Å². The zero-order chi connectivity index (χ0) is 12.2. The van der Waals surface area contributed by atoms with E-state index in [2.05, 4.69) is 5.32 Å². The lowest BCUT2D eigenvalue weighted by Gasteiger charge is -2.06. The summed E-state index contributed by atoms with van der Waals surface area (Å²) >= 11 is 0. The Labute approximate surface area is 94.7 Å². The van der Waals surface area contributed by atoms with Crippen LogP contribution in [0.15, 0.2) is 18.2 Å². The molecule has 0 heterocycles. The van der Waals surface area contributed by atoms with Crippen molar-refractivity contribution < 1.29 is 12.8 Å². The molecule has 0 aliphatic carbocycles. The Balaban J connectivity index is 2.46. The number of aryl methyl sites for hydroxylation is 1. The van der Waals surface area contributed by atoms with Crippen molar-refractivity contribution >= 4 is 10.0 Å². The third kappa shape index (κ3) is 4.69. The van der Waals surface area contributed by atoms with Gasteiger partial charge in [0.2, 0.25) is 10.0 Å². The van der Waals surface area contributed by atoms with Gasteiger partial charge in [-0.3, -0.25) is 0 Å². The van der Waals surface area contributed by atoms with E-state index in [1.165, 1.54) is 6.07 Å². The maximum Gasteiger partial charge on any atom is 0.210 e. The lowest BCUT2D eigenvalue weighted by atomic mass is 10.1. The van der Waals surface area contributed by atoms with Crippen molar-refractivity contribution in [1.82, 2.24) is 5.32 Å². The van der Waals surface area contributed by atoms with Gasteiger partial charge >= 0.3 is 0 Å². The molecular weight excluding hydrogens is 231 g/mol. The minimum atomic E-state index is -3.45. The van der Waals surface area contributed by atoms with Crippen LogP contribution in [-0.2, 0) is 16.6 Å². The first-order valence-electron chi connectivity index (χ1n) is 4.85. The Kier molecular flexibility index (Phi) is 4.40. The van der Waals surface area contributed by atoms with Crippen LogP contribution in [0.4, 0.5) is 4.39 Å². The number of hydrogen-bond donors (Lipinski definition) is 2. The molecule has 1 rings (SSSR count). The fourth-order valence-electron chi connectivity index (χ4n) is 1.28. The quantitative estimate of drug-likeness (QED) is 0.744. The number of benzene rings is 1. The van der Waals surface area contributed by atoms with Gasteiger partial charge in [0.1, 0.15) is 5.82 Å². The number of hydrogen-bond acceptors (Lipinski definition) is 3. The molecule has 1 aromatic rings. The van der Waals surface area contributed by atoms with E-state index in [1.54, 1.807) is 12.1 Å². The minimum absolute atomic E-state index is 0.152. The predicted octanol–water partition coefficient (Wildman–Crippen LogP) is 0.512. The molecule has 0 aliphatic heterocycles. The second-order valence-electron chi connectivity index (χ2n) is 3.64. The van der Waals surface area contributed by atoms with Crippen LogP contribution < -0.4 is 10.5 Å². The summed E-state index contributed by atoms with van der Waals surface area (Å²) in [5, 5.41) is 7.65. The Hall–Kier alpha value is -0.980. The van der Waals surface area contributed by atoms with E-state index >= 15 is 0 Å². The molecular formula is C10H15FN2O2S. The number of halogens is 1. The summed E-state index contributed by atoms with van der Waals surface area (Å²) in [6.07, 6.45) is 0. The number of rotatable bonds is 5. The van der Waals surface area contributed by atoms with Gasteiger partial charge in [-0.2, -0.15) is 0 Å². The topological polar surface area (TPSA) is 72.2 Å². The third-order valence-electron chi connectivity index (χ3n) is 2.08. The Bertz CT molecular complexity index is 460. The summed E-state index contributed by atoms with van der Waals surface area (Å²) in [4.78, 5) is 0. The van der Waals surface area contributed by atoms with Gasteiger partial charge in [-0.15, -0.1) is 0 Å². The number of nitrogens with two attached hydrogens (primary N) is 1. The molecule has 0 saturated carbocycles. The first kappa shape index (κ1) is 13.1. The molecule has 0 aliphatic rings. The Morgan fingerprint density at radius 3 is 2.75 bits per heavy atom. The number of primary sulfonamides is 1. The lowest BCUT2D eigenvalue weighted by molar-refractivity contribution is 0.583. The molecule has 0 fully saturated rings. The molecule has 0 radical (unpaired) electrons. The molecule has 3 N–H and O–H groups in total. The normalized spacial score (nSPS) is 11.7. The van der Waals surface area contributed by atoms with Crippen molar-refractivity contribution in [3.05, 3.63) is 35.1 Å². The van der Waals surface area contributed by atoms with Gasteiger partial charge < -0.3 is 5.32 Å². The van der Waals surface area contributed by atoms with Gasteiger partial charge in [-0.25, -0.2) is 17.9 Å². The smallest absolute Gasteiger partial charge is 0.210 e. The number of sulfonamides is 1. The maximum absolute atomic E-state index is 13.2. The minimum Gasteiger partial charge on any atom is -0.312 e. The molecule has 6 heteroatoms. The number of nitrogens with one attached hydrogen (secondary N) is 1. The first-order chi connectivity index (χ1) is 7.38. The second kappa shape index (κ2) is 5.38. The molecule has 4 nitrogen and oxygen atoms in total. The van der Waals surface area contributed by atoms with Crippen molar-refractivity contribution in [2.75, 3.05) is 12.3 Å². The monoisotopic (exact) mass is 246 g/mol. The van der Waals surface area contributed by atoms with Crippen LogP contribution in [0.25, 0.3) is 0 Å². The molecule has 1 aromatic carbocycles. The van der Waals surface area contributed by atoms with Crippen molar-refractivity contribution in [2.24, 2.45) is 5.14 Å². The van der Waals surface area contributed by atoms with Crippen molar-refractivity contribution in [3.63, 3.8) is 0 Å². The third-order valence-corrected chi connectivity index (χ3v) is 2.85. The Morgan fingerprint density at radius 2 is 2.12 bits per heavy atom. The highest BCUT2D eigenvalue weighted by atomic mass is 32.2. The zero-order valence-corrected chi connectivity index (χ0v) is 9.85. The molecule has 0 saturated heterocycles. The van der Waals surface area contributed by atoms with Gasteiger partial charge in [-0.1, -0.05) is 17.7 Å². The van der Waals surface area contributed by atoms with Crippen LogP contribution >= 0.6 is 0 Å². The van der Waals surface area contributed by atoms with Crippen molar-refractivity contribution in [2.45, 2.75) is 13.5 Å². The van der Waals surface area contributed by atoms with Crippen LogP contribution in [0.5, 0.6) is 0 Å². The molecule has 0 bridgehead atoms. The van der Waals surface area contributed by atoms with E-state index < -0.39 is 10.0 Å². The van der Waals surface area contributed by atoms with E-state index in [0.29, 0.717) is 12.1 Å². The highest BCUT2D eigenvalue weighted by molar-refractivity contribution is 7.89. The summed E-state index contributed by atoms with van der Waals surface area (Å²) in [6.45, 7) is 2.38. The van der Waals surface area contributed by atoms with Gasteiger partial charge in [-0.05, 0) is 13.0 Å². The molecule has 90 valence electrons. The predicted molar refractivity (Wildman–Crippen MR) is 60.8 cm³/mol. The highest BCUT2D eigenvalue weighted by Crippen LogP contribution is 2.09. The molecule has 0 spiro atoms. The average molecular weight is 246 g/mol. The lowest BCUT2D eigenvalue weighted by Crippen LogP contribution is -2.27. The second-order valence-corrected chi connectivity index (χ2v) is 5.37. The molecule has 0 aromatic heterocycles. The van der Waals surface area contributed by atoms with E-state index in [9.17, 15) is 12.8 Å². The SMILES string of the molecule is Cc1ccc(F)c(CNCCS(N)(=O)=O)c1. The van der Waals surface area contributed by atoms with E-state index in [0.717, 1.165) is 5.56 Å². The Morgan fingerprint density at radius 1 is 1.44 bits per heavy atom. The first-order valence-corrected chi connectivity index (χ1v) is 6.56. The summed E-state index contributed by atoms with van der Waals surface area (Å²) in [6, 6.07) is 4.80. The fraction of sp³-hybridized carbons (Fsp3) is 0.400. The van der Waals surface area contributed by atoms with E-state index in [-0.39, 0.29) is 18.1 Å². The summed E-state index contributed by atoms with van der Waals surface area (Å²) in [7, 11) is -3.45. The standard InChI is InChI=1S/C10H15FN2O2S/c1-8-2-3-10(11)9(6-8)7-13-4-5-16(12,14)15/h2-3,6,13H,4-5,7H2,1H3,(H2,12,14,15). The molecule has 0 atom stereocenters. The molecule has 16 heavy (non-hydrogen) atoms.